The number of rotatable bonds is 6. The molecule has 1 amide bonds. The lowest BCUT2D eigenvalue weighted by molar-refractivity contribution is -0.145. The lowest BCUT2D eigenvalue weighted by Gasteiger charge is -2.21. The molecule has 5 heteroatoms. The second-order valence-electron chi connectivity index (χ2n) is 6.18. The van der Waals surface area contributed by atoms with E-state index in [4.69, 9.17) is 4.74 Å². The average Bonchev–Trinajstić information content (AvgIpc) is 2.95. The molecule has 2 N–H and O–H groups in total. The van der Waals surface area contributed by atoms with E-state index in [1.54, 1.807) is 0 Å². The highest BCUT2D eigenvalue weighted by Gasteiger charge is 2.26. The van der Waals surface area contributed by atoms with E-state index >= 15 is 0 Å². The van der Waals surface area contributed by atoms with Gasteiger partial charge in [-0.1, -0.05) is 39.0 Å². The molecule has 0 unspecified atom stereocenters. The van der Waals surface area contributed by atoms with Crippen LogP contribution in [0.2, 0.25) is 0 Å². The minimum atomic E-state index is -0.687. The highest BCUT2D eigenvalue weighted by Crippen LogP contribution is 2.20. The van der Waals surface area contributed by atoms with Gasteiger partial charge in [0.05, 0.1) is 7.11 Å². The molecule has 2 rings (SSSR count). The largest absolute Gasteiger partial charge is 0.467 e. The Morgan fingerprint density at radius 2 is 1.91 bits per heavy atom. The topological polar surface area (TPSA) is 71.2 Å². The number of amides is 1. The van der Waals surface area contributed by atoms with Crippen LogP contribution in [0.15, 0.2) is 30.5 Å². The second-order valence-corrected chi connectivity index (χ2v) is 6.18. The van der Waals surface area contributed by atoms with Gasteiger partial charge in [-0.25, -0.2) is 4.79 Å². The van der Waals surface area contributed by atoms with Gasteiger partial charge in [-0.2, -0.15) is 0 Å². The number of hydrogen-bond acceptors (Lipinski definition) is 3. The van der Waals surface area contributed by atoms with Gasteiger partial charge in [0.15, 0.2) is 0 Å². The molecule has 0 fully saturated rings. The number of carbonyl (C=O) groups is 2. The molecule has 5 nitrogen and oxygen atoms in total. The quantitative estimate of drug-likeness (QED) is 0.805. The lowest BCUT2D eigenvalue weighted by Crippen LogP contribution is -2.45. The minimum Gasteiger partial charge on any atom is -0.467 e. The molecule has 1 heterocycles. The molecule has 0 saturated carbocycles. The maximum Gasteiger partial charge on any atom is 0.328 e. The molecular weight excluding hydrogens is 292 g/mol. The number of ether oxygens (including phenoxy) is 1. The summed E-state index contributed by atoms with van der Waals surface area (Å²) in [6.45, 7) is 5.83. The van der Waals surface area contributed by atoms with E-state index in [1.165, 1.54) is 7.11 Å². The third-order valence-electron chi connectivity index (χ3n) is 4.31. The third kappa shape index (κ3) is 3.92. The van der Waals surface area contributed by atoms with Crippen LogP contribution in [0.5, 0.6) is 0 Å². The predicted octanol–water partition coefficient (Wildman–Crippen LogP) is 2.66. The van der Waals surface area contributed by atoms with Crippen LogP contribution >= 0.6 is 0 Å². The van der Waals surface area contributed by atoms with Gasteiger partial charge in [-0.05, 0) is 17.5 Å². The molecule has 23 heavy (non-hydrogen) atoms. The molecule has 0 radical (unpaired) electrons. The van der Waals surface area contributed by atoms with E-state index in [-0.39, 0.29) is 17.7 Å². The number of benzene rings is 1. The summed E-state index contributed by atoms with van der Waals surface area (Å²) in [4.78, 5) is 27.5. The number of hydrogen-bond donors (Lipinski definition) is 2. The van der Waals surface area contributed by atoms with E-state index in [1.807, 2.05) is 51.2 Å². The van der Waals surface area contributed by atoms with E-state index in [9.17, 15) is 9.59 Å². The number of methoxy groups -OCH3 is 1. The Hall–Kier alpha value is -2.30. The third-order valence-corrected chi connectivity index (χ3v) is 4.31. The van der Waals surface area contributed by atoms with Crippen LogP contribution in [0.1, 0.15) is 26.3 Å². The summed E-state index contributed by atoms with van der Waals surface area (Å²) < 4.78 is 4.85. The number of aromatic amines is 1. The summed E-state index contributed by atoms with van der Waals surface area (Å²) in [5.41, 5.74) is 1.99. The van der Waals surface area contributed by atoms with Crippen molar-refractivity contribution in [2.75, 3.05) is 7.11 Å². The summed E-state index contributed by atoms with van der Waals surface area (Å²) in [5, 5.41) is 3.87. The van der Waals surface area contributed by atoms with Gasteiger partial charge in [-0.3, -0.25) is 4.79 Å². The Morgan fingerprint density at radius 3 is 2.57 bits per heavy atom. The van der Waals surface area contributed by atoms with Gasteiger partial charge in [0.1, 0.15) is 6.04 Å². The zero-order valence-corrected chi connectivity index (χ0v) is 14.1. The molecule has 124 valence electrons. The van der Waals surface area contributed by atoms with Crippen LogP contribution in [0.4, 0.5) is 0 Å². The van der Waals surface area contributed by atoms with E-state index in [2.05, 4.69) is 10.3 Å². The monoisotopic (exact) mass is 316 g/mol. The Morgan fingerprint density at radius 1 is 1.22 bits per heavy atom. The van der Waals surface area contributed by atoms with Crippen molar-refractivity contribution in [2.24, 2.45) is 11.8 Å². The SMILES string of the molecule is COC(=O)[C@H](Cc1c[nH]c2ccccc12)NC(=O)[C@@H](C)C(C)C. The zero-order chi connectivity index (χ0) is 17.0. The summed E-state index contributed by atoms with van der Waals surface area (Å²) >= 11 is 0. The van der Waals surface area contributed by atoms with Crippen molar-refractivity contribution in [3.63, 3.8) is 0 Å². The first kappa shape index (κ1) is 17.1. The fourth-order valence-electron chi connectivity index (χ4n) is 2.46. The summed E-state index contributed by atoms with van der Waals surface area (Å²) in [5.74, 6) is -0.513. The van der Waals surface area contributed by atoms with Crippen molar-refractivity contribution in [3.8, 4) is 0 Å². The van der Waals surface area contributed by atoms with E-state index in [0.717, 1.165) is 16.5 Å². The fourth-order valence-corrected chi connectivity index (χ4v) is 2.46. The highest BCUT2D eigenvalue weighted by molar-refractivity contribution is 5.88. The number of aromatic nitrogens is 1. The summed E-state index contributed by atoms with van der Waals surface area (Å²) in [7, 11) is 1.34. The van der Waals surface area contributed by atoms with Crippen LogP contribution in [-0.2, 0) is 20.7 Å². The highest BCUT2D eigenvalue weighted by atomic mass is 16.5. The minimum absolute atomic E-state index is 0.129. The van der Waals surface area contributed by atoms with Crippen molar-refractivity contribution in [1.82, 2.24) is 10.3 Å². The summed E-state index contributed by atoms with van der Waals surface area (Å²) in [6, 6.07) is 7.19. The lowest BCUT2D eigenvalue weighted by atomic mass is 9.96. The first-order valence-electron chi connectivity index (χ1n) is 7.87. The Bertz CT molecular complexity index is 690. The maximum absolute atomic E-state index is 12.3. The number of para-hydroxylation sites is 1. The van der Waals surface area contributed by atoms with Crippen LogP contribution in [0, 0.1) is 11.8 Å². The zero-order valence-electron chi connectivity index (χ0n) is 14.1. The van der Waals surface area contributed by atoms with E-state index in [0.29, 0.717) is 6.42 Å². The van der Waals surface area contributed by atoms with Gasteiger partial charge in [0.25, 0.3) is 0 Å². The van der Waals surface area contributed by atoms with Crippen LogP contribution in [-0.4, -0.2) is 30.0 Å². The number of esters is 1. The number of nitrogens with one attached hydrogen (secondary N) is 2. The molecule has 2 atom stereocenters. The Kier molecular flexibility index (Phi) is 5.42. The van der Waals surface area contributed by atoms with Gasteiger partial charge < -0.3 is 15.0 Å². The number of carbonyl (C=O) groups excluding carboxylic acids is 2. The maximum atomic E-state index is 12.3. The van der Waals surface area contributed by atoms with Gasteiger partial charge in [-0.15, -0.1) is 0 Å². The van der Waals surface area contributed by atoms with Crippen LogP contribution in [0.25, 0.3) is 10.9 Å². The molecule has 0 aliphatic heterocycles. The fraction of sp³-hybridized carbons (Fsp3) is 0.444. The molecule has 0 saturated heterocycles. The molecule has 0 bridgehead atoms. The normalized spacial score (nSPS) is 13.8. The Labute approximate surface area is 136 Å². The number of H-pyrrole nitrogens is 1. The second kappa shape index (κ2) is 7.31. The Balaban J connectivity index is 2.19. The molecule has 1 aromatic carbocycles. The van der Waals surface area contributed by atoms with Gasteiger partial charge in [0.2, 0.25) is 5.91 Å². The smallest absolute Gasteiger partial charge is 0.328 e. The van der Waals surface area contributed by atoms with Crippen molar-refractivity contribution in [3.05, 3.63) is 36.0 Å². The van der Waals surface area contributed by atoms with E-state index < -0.39 is 12.0 Å². The standard InChI is InChI=1S/C18H24N2O3/c1-11(2)12(3)17(21)20-16(18(22)23-4)9-13-10-19-15-8-6-5-7-14(13)15/h5-8,10-12,16,19H,9H2,1-4H3,(H,20,21)/t12-,16-/m0/s1. The van der Waals surface area contributed by atoms with Crippen molar-refractivity contribution in [1.29, 1.82) is 0 Å². The first-order chi connectivity index (χ1) is 10.9. The average molecular weight is 316 g/mol. The van der Waals surface area contributed by atoms with Gasteiger partial charge >= 0.3 is 5.97 Å². The summed E-state index contributed by atoms with van der Waals surface area (Å²) in [6.07, 6.45) is 2.27. The predicted molar refractivity (Wildman–Crippen MR) is 90.0 cm³/mol. The molecule has 0 aliphatic carbocycles. The molecule has 0 aliphatic rings. The molecular formula is C18H24N2O3. The molecule has 0 spiro atoms. The molecule has 2 aromatic rings. The van der Waals surface area contributed by atoms with Crippen molar-refractivity contribution >= 4 is 22.8 Å². The van der Waals surface area contributed by atoms with Crippen LogP contribution in [0.3, 0.4) is 0 Å². The van der Waals surface area contributed by atoms with Gasteiger partial charge in [0, 0.05) is 29.4 Å². The molecule has 1 aromatic heterocycles. The number of fused-ring (bicyclic) bond motifs is 1. The van der Waals surface area contributed by atoms with Crippen molar-refractivity contribution in [2.45, 2.75) is 33.2 Å². The first-order valence-corrected chi connectivity index (χ1v) is 7.87. The van der Waals surface area contributed by atoms with Crippen LogP contribution < -0.4 is 5.32 Å². The van der Waals surface area contributed by atoms with Crippen molar-refractivity contribution < 1.29 is 14.3 Å².